The largest absolute Gasteiger partial charge is 0.380 e. The first-order chi connectivity index (χ1) is 16.7. The van der Waals surface area contributed by atoms with Gasteiger partial charge in [-0.1, -0.05) is 34.6 Å². The molecule has 0 unspecified atom stereocenters. The lowest BCUT2D eigenvalue weighted by Gasteiger charge is -2.11. The Morgan fingerprint density at radius 3 is 2.69 bits per heavy atom. The van der Waals surface area contributed by atoms with Crippen LogP contribution in [0.3, 0.4) is 0 Å². The van der Waals surface area contributed by atoms with Gasteiger partial charge in [-0.25, -0.2) is 17.5 Å². The second-order valence-electron chi connectivity index (χ2n) is 7.70. The number of carbonyl (C=O) groups is 1. The standard InChI is InChI=1S/C23H17FN6O4S/c1-35(32,33)21-5-3-2-4-15(21)13-6-8-18(17(24)10-13)27-23(31)19-12-26-29-30(19)14-7-9-20-16(11-14)22(25)28-34-20/h2-12H,1H3,(H2,25,28)(H,27,31). The first-order valence-electron chi connectivity index (χ1n) is 10.2. The summed E-state index contributed by atoms with van der Waals surface area (Å²) in [5, 5.41) is 14.5. The van der Waals surface area contributed by atoms with E-state index in [9.17, 15) is 17.6 Å². The minimum Gasteiger partial charge on any atom is -0.380 e. The van der Waals surface area contributed by atoms with Crippen LogP contribution in [0.25, 0.3) is 27.8 Å². The normalized spacial score (nSPS) is 11.6. The van der Waals surface area contributed by atoms with Crippen LogP contribution in [0.15, 0.2) is 76.3 Å². The van der Waals surface area contributed by atoms with Crippen LogP contribution < -0.4 is 11.1 Å². The highest BCUT2D eigenvalue weighted by Crippen LogP contribution is 2.30. The Balaban J connectivity index is 1.44. The van der Waals surface area contributed by atoms with Crippen LogP contribution in [0.2, 0.25) is 0 Å². The lowest BCUT2D eigenvalue weighted by molar-refractivity contribution is 0.101. The molecule has 10 nitrogen and oxygen atoms in total. The topological polar surface area (TPSA) is 146 Å². The number of carbonyl (C=O) groups excluding carboxylic acids is 1. The summed E-state index contributed by atoms with van der Waals surface area (Å²) in [4.78, 5) is 13.0. The Morgan fingerprint density at radius 1 is 1.11 bits per heavy atom. The maximum absolute atomic E-state index is 14.9. The quantitative estimate of drug-likeness (QED) is 0.379. The number of nitrogen functional groups attached to an aromatic ring is 1. The lowest BCUT2D eigenvalue weighted by Crippen LogP contribution is -2.17. The molecule has 176 valence electrons. The van der Waals surface area contributed by atoms with Gasteiger partial charge in [0.2, 0.25) is 0 Å². The van der Waals surface area contributed by atoms with Crippen LogP contribution in [-0.2, 0) is 9.84 Å². The summed E-state index contributed by atoms with van der Waals surface area (Å²) in [7, 11) is -3.52. The van der Waals surface area contributed by atoms with E-state index < -0.39 is 21.6 Å². The summed E-state index contributed by atoms with van der Waals surface area (Å²) in [6, 6.07) is 15.3. The van der Waals surface area contributed by atoms with Crippen LogP contribution in [-0.4, -0.2) is 40.7 Å². The van der Waals surface area contributed by atoms with Gasteiger partial charge in [-0.05, 0) is 42.0 Å². The van der Waals surface area contributed by atoms with E-state index in [-0.39, 0.29) is 22.1 Å². The van der Waals surface area contributed by atoms with Gasteiger partial charge in [-0.15, -0.1) is 5.10 Å². The van der Waals surface area contributed by atoms with Crippen LogP contribution in [0, 0.1) is 5.82 Å². The molecule has 0 aliphatic heterocycles. The molecule has 5 rings (SSSR count). The zero-order chi connectivity index (χ0) is 24.7. The van der Waals surface area contributed by atoms with E-state index in [0.29, 0.717) is 27.8 Å². The summed E-state index contributed by atoms with van der Waals surface area (Å²) in [5.41, 5.74) is 7.41. The molecule has 5 aromatic rings. The highest BCUT2D eigenvalue weighted by atomic mass is 32.2. The fourth-order valence-corrected chi connectivity index (χ4v) is 4.57. The van der Waals surface area contributed by atoms with Crippen molar-refractivity contribution < 1.29 is 22.1 Å². The molecule has 0 bridgehead atoms. The summed E-state index contributed by atoms with van der Waals surface area (Å²) in [6.45, 7) is 0. The highest BCUT2D eigenvalue weighted by molar-refractivity contribution is 7.90. The van der Waals surface area contributed by atoms with Crippen molar-refractivity contribution in [2.75, 3.05) is 17.3 Å². The molecule has 0 aliphatic rings. The fourth-order valence-electron chi connectivity index (χ4n) is 3.66. The molecule has 0 fully saturated rings. The average molecular weight is 492 g/mol. The third-order valence-corrected chi connectivity index (χ3v) is 6.48. The Morgan fingerprint density at radius 2 is 1.91 bits per heavy atom. The third kappa shape index (κ3) is 4.10. The number of nitrogens with zero attached hydrogens (tertiary/aromatic N) is 4. The Hall–Kier alpha value is -4.58. The first kappa shape index (κ1) is 22.2. The molecule has 2 heterocycles. The van der Waals surface area contributed by atoms with Gasteiger partial charge in [0.25, 0.3) is 5.91 Å². The molecule has 0 radical (unpaired) electrons. The lowest BCUT2D eigenvalue weighted by atomic mass is 10.0. The molecular formula is C23H17FN6O4S. The highest BCUT2D eigenvalue weighted by Gasteiger charge is 2.19. The van der Waals surface area contributed by atoms with E-state index in [1.165, 1.54) is 29.1 Å². The van der Waals surface area contributed by atoms with Crippen molar-refractivity contribution in [3.63, 3.8) is 0 Å². The second-order valence-corrected chi connectivity index (χ2v) is 9.68. The van der Waals surface area contributed by atoms with Crippen molar-refractivity contribution in [1.82, 2.24) is 20.2 Å². The van der Waals surface area contributed by atoms with Crippen molar-refractivity contribution in [3.8, 4) is 16.8 Å². The number of sulfone groups is 1. The number of hydrogen-bond acceptors (Lipinski definition) is 8. The Bertz CT molecular complexity index is 1710. The molecule has 35 heavy (non-hydrogen) atoms. The zero-order valence-electron chi connectivity index (χ0n) is 18.1. The number of anilines is 2. The summed E-state index contributed by atoms with van der Waals surface area (Å²) < 4.78 is 45.5. The van der Waals surface area contributed by atoms with Crippen molar-refractivity contribution in [2.24, 2.45) is 0 Å². The molecule has 3 N–H and O–H groups in total. The summed E-state index contributed by atoms with van der Waals surface area (Å²) in [6.07, 6.45) is 2.33. The smallest absolute Gasteiger partial charge is 0.276 e. The van der Waals surface area contributed by atoms with Crippen LogP contribution in [0.5, 0.6) is 0 Å². The number of hydrogen-bond donors (Lipinski definition) is 2. The van der Waals surface area contributed by atoms with Crippen molar-refractivity contribution in [1.29, 1.82) is 0 Å². The molecule has 0 spiro atoms. The van der Waals surface area contributed by atoms with Crippen LogP contribution in [0.4, 0.5) is 15.9 Å². The van der Waals surface area contributed by atoms with E-state index in [0.717, 1.165) is 12.3 Å². The van der Waals surface area contributed by atoms with Gasteiger partial charge >= 0.3 is 0 Å². The maximum atomic E-state index is 14.9. The summed E-state index contributed by atoms with van der Waals surface area (Å²) >= 11 is 0. The van der Waals surface area contributed by atoms with E-state index >= 15 is 0 Å². The minimum atomic E-state index is -3.52. The van der Waals surface area contributed by atoms with Crippen molar-refractivity contribution in [3.05, 3.63) is 78.4 Å². The molecule has 3 aromatic carbocycles. The predicted molar refractivity (Wildman–Crippen MR) is 126 cm³/mol. The molecular weight excluding hydrogens is 475 g/mol. The van der Waals surface area contributed by atoms with Crippen LogP contribution >= 0.6 is 0 Å². The SMILES string of the molecule is CS(=O)(=O)c1ccccc1-c1ccc(NC(=O)c2cnnn2-c2ccc3onc(N)c3c2)c(F)c1. The molecule has 12 heteroatoms. The monoisotopic (exact) mass is 492 g/mol. The van der Waals surface area contributed by atoms with E-state index in [1.54, 1.807) is 36.4 Å². The number of nitrogens with one attached hydrogen (secondary N) is 1. The number of fused-ring (bicyclic) bond motifs is 1. The number of rotatable bonds is 5. The number of nitrogens with two attached hydrogens (primary N) is 1. The average Bonchev–Trinajstić information content (AvgIpc) is 3.47. The third-order valence-electron chi connectivity index (χ3n) is 5.32. The number of halogens is 1. The number of aromatic nitrogens is 4. The van der Waals surface area contributed by atoms with Gasteiger partial charge < -0.3 is 15.6 Å². The van der Waals surface area contributed by atoms with Crippen molar-refractivity contribution >= 4 is 38.2 Å². The molecule has 0 saturated heterocycles. The van der Waals surface area contributed by atoms with E-state index in [1.807, 2.05) is 0 Å². The molecule has 2 aromatic heterocycles. The van der Waals surface area contributed by atoms with E-state index in [2.05, 4.69) is 20.8 Å². The predicted octanol–water partition coefficient (Wildman–Crippen LogP) is 3.45. The molecule has 0 aliphatic carbocycles. The Kier molecular flexibility index (Phi) is 5.29. The molecule has 0 atom stereocenters. The first-order valence-corrected chi connectivity index (χ1v) is 12.1. The fraction of sp³-hybridized carbons (Fsp3) is 0.0435. The van der Waals surface area contributed by atoms with Gasteiger partial charge in [0, 0.05) is 11.8 Å². The zero-order valence-corrected chi connectivity index (χ0v) is 19.0. The van der Waals surface area contributed by atoms with Gasteiger partial charge in [-0.3, -0.25) is 4.79 Å². The molecule has 0 saturated carbocycles. The maximum Gasteiger partial charge on any atom is 0.276 e. The van der Waals surface area contributed by atoms with Gasteiger partial charge in [0.05, 0.1) is 27.9 Å². The van der Waals surface area contributed by atoms with E-state index in [4.69, 9.17) is 10.3 Å². The Labute approximate surface area is 198 Å². The van der Waals surface area contributed by atoms with Crippen LogP contribution in [0.1, 0.15) is 10.5 Å². The molecule has 1 amide bonds. The van der Waals surface area contributed by atoms with Gasteiger partial charge in [0.1, 0.15) is 5.82 Å². The number of benzene rings is 3. The number of amides is 1. The second kappa shape index (κ2) is 8.33. The van der Waals surface area contributed by atoms with Gasteiger partial charge in [0.15, 0.2) is 26.9 Å². The van der Waals surface area contributed by atoms with Gasteiger partial charge in [-0.2, -0.15) is 0 Å². The minimum absolute atomic E-state index is 0.0466. The summed E-state index contributed by atoms with van der Waals surface area (Å²) in [5.74, 6) is -1.21. The van der Waals surface area contributed by atoms with Crippen molar-refractivity contribution in [2.45, 2.75) is 4.90 Å².